The molecule has 0 heterocycles. The van der Waals surface area contributed by atoms with Crippen LogP contribution in [0.3, 0.4) is 0 Å². The average molecular weight is 271 g/mol. The Morgan fingerprint density at radius 3 is 2.72 bits per heavy atom. The summed E-state index contributed by atoms with van der Waals surface area (Å²) in [5.41, 5.74) is 1.13. The Bertz CT molecular complexity index is 471. The normalized spacial score (nSPS) is 13.3. The Labute approximate surface area is 109 Å². The predicted octanol–water partition coefficient (Wildman–Crippen LogP) is 1.78. The van der Waals surface area contributed by atoms with Crippen LogP contribution in [0, 0.1) is 0 Å². The maximum absolute atomic E-state index is 11.0. The summed E-state index contributed by atoms with van der Waals surface area (Å²) in [4.78, 5) is 0. The van der Waals surface area contributed by atoms with Crippen LogP contribution in [0.2, 0.25) is 0 Å². The van der Waals surface area contributed by atoms with Crippen LogP contribution in [0.1, 0.15) is 24.9 Å². The molecule has 0 aliphatic carbocycles. The summed E-state index contributed by atoms with van der Waals surface area (Å²) in [6, 6.07) is 8.04. The molecule has 102 valence electrons. The van der Waals surface area contributed by atoms with Gasteiger partial charge in [0.05, 0.1) is 12.9 Å². The van der Waals surface area contributed by atoms with E-state index in [0.29, 0.717) is 13.0 Å². The Morgan fingerprint density at radius 2 is 2.11 bits per heavy atom. The fourth-order valence-corrected chi connectivity index (χ4v) is 2.35. The van der Waals surface area contributed by atoms with E-state index in [4.69, 9.17) is 4.74 Å². The van der Waals surface area contributed by atoms with Crippen molar-refractivity contribution < 1.29 is 13.2 Å². The van der Waals surface area contributed by atoms with Gasteiger partial charge in [0.25, 0.3) is 0 Å². The van der Waals surface area contributed by atoms with Crippen LogP contribution in [-0.4, -0.2) is 34.1 Å². The van der Waals surface area contributed by atoms with Crippen molar-refractivity contribution in [3.63, 3.8) is 0 Å². The summed E-state index contributed by atoms with van der Waals surface area (Å²) < 4.78 is 27.1. The van der Waals surface area contributed by atoms with Crippen LogP contribution in [0.25, 0.3) is 0 Å². The third kappa shape index (κ3) is 5.51. The van der Waals surface area contributed by atoms with Crippen molar-refractivity contribution in [3.8, 4) is 5.75 Å². The second-order valence-electron chi connectivity index (χ2n) is 4.44. The standard InChI is InChI=1S/C13H21NO3S/c1-11(14-8-5-9-18(3,15)16)12-6-4-7-13(10-12)17-2/h4,6-7,10-11,14H,5,8-9H2,1-3H3. The molecule has 0 amide bonds. The Kier molecular flexibility index (Phi) is 5.62. The van der Waals surface area contributed by atoms with E-state index in [9.17, 15) is 8.42 Å². The number of ether oxygens (including phenoxy) is 1. The highest BCUT2D eigenvalue weighted by Crippen LogP contribution is 2.18. The van der Waals surface area contributed by atoms with Gasteiger partial charge in [0.1, 0.15) is 15.6 Å². The number of sulfone groups is 1. The van der Waals surface area contributed by atoms with E-state index in [-0.39, 0.29) is 11.8 Å². The molecule has 18 heavy (non-hydrogen) atoms. The molecular formula is C13H21NO3S. The van der Waals surface area contributed by atoms with Crippen LogP contribution in [0.4, 0.5) is 0 Å². The molecule has 1 aromatic carbocycles. The van der Waals surface area contributed by atoms with Crippen molar-refractivity contribution >= 4 is 9.84 Å². The first-order valence-corrected chi connectivity index (χ1v) is 8.03. The fourth-order valence-electron chi connectivity index (χ4n) is 1.68. The summed E-state index contributed by atoms with van der Waals surface area (Å²) in [6.45, 7) is 2.74. The quantitative estimate of drug-likeness (QED) is 0.768. The van der Waals surface area contributed by atoms with Gasteiger partial charge in [-0.15, -0.1) is 0 Å². The first-order valence-electron chi connectivity index (χ1n) is 5.97. The minimum atomic E-state index is -2.86. The van der Waals surface area contributed by atoms with E-state index in [2.05, 4.69) is 12.2 Å². The molecule has 1 rings (SSSR count). The molecule has 0 radical (unpaired) electrons. The number of benzene rings is 1. The molecule has 0 saturated carbocycles. The average Bonchev–Trinajstić information content (AvgIpc) is 2.33. The number of nitrogens with one attached hydrogen (secondary N) is 1. The molecular weight excluding hydrogens is 250 g/mol. The van der Waals surface area contributed by atoms with Crippen molar-refractivity contribution in [1.29, 1.82) is 0 Å². The van der Waals surface area contributed by atoms with E-state index in [1.807, 2.05) is 24.3 Å². The first-order chi connectivity index (χ1) is 8.42. The SMILES string of the molecule is COc1cccc(C(C)NCCCS(C)(=O)=O)c1. The Hall–Kier alpha value is -1.07. The molecule has 0 fully saturated rings. The first kappa shape index (κ1) is 15.0. The van der Waals surface area contributed by atoms with Gasteiger partial charge in [0, 0.05) is 12.3 Å². The third-order valence-corrected chi connectivity index (χ3v) is 3.77. The number of rotatable bonds is 7. The summed E-state index contributed by atoms with van der Waals surface area (Å²) >= 11 is 0. The molecule has 1 atom stereocenters. The van der Waals surface area contributed by atoms with Crippen LogP contribution in [-0.2, 0) is 9.84 Å². The highest BCUT2D eigenvalue weighted by molar-refractivity contribution is 7.90. The molecule has 1 aromatic rings. The summed E-state index contributed by atoms with van der Waals surface area (Å²) in [5, 5.41) is 3.30. The van der Waals surface area contributed by atoms with Gasteiger partial charge < -0.3 is 10.1 Å². The zero-order valence-electron chi connectivity index (χ0n) is 11.1. The van der Waals surface area contributed by atoms with E-state index in [1.54, 1.807) is 7.11 Å². The van der Waals surface area contributed by atoms with E-state index in [1.165, 1.54) is 6.26 Å². The van der Waals surface area contributed by atoms with Crippen molar-refractivity contribution in [1.82, 2.24) is 5.32 Å². The molecule has 0 bridgehead atoms. The molecule has 5 heteroatoms. The zero-order valence-corrected chi connectivity index (χ0v) is 12.0. The van der Waals surface area contributed by atoms with Gasteiger partial charge in [0.2, 0.25) is 0 Å². The second-order valence-corrected chi connectivity index (χ2v) is 6.70. The van der Waals surface area contributed by atoms with Crippen LogP contribution in [0.5, 0.6) is 5.75 Å². The maximum Gasteiger partial charge on any atom is 0.147 e. The van der Waals surface area contributed by atoms with Crippen LogP contribution in [0.15, 0.2) is 24.3 Å². The largest absolute Gasteiger partial charge is 0.497 e. The predicted molar refractivity (Wildman–Crippen MR) is 73.7 cm³/mol. The van der Waals surface area contributed by atoms with E-state index >= 15 is 0 Å². The number of hydrogen-bond acceptors (Lipinski definition) is 4. The lowest BCUT2D eigenvalue weighted by Crippen LogP contribution is -2.21. The maximum atomic E-state index is 11.0. The lowest BCUT2D eigenvalue weighted by Gasteiger charge is -2.14. The van der Waals surface area contributed by atoms with Gasteiger partial charge in [-0.05, 0) is 37.6 Å². The molecule has 0 spiro atoms. The van der Waals surface area contributed by atoms with Gasteiger partial charge in [-0.25, -0.2) is 8.42 Å². The van der Waals surface area contributed by atoms with Crippen molar-refractivity contribution in [3.05, 3.63) is 29.8 Å². The molecule has 1 unspecified atom stereocenters. The minimum Gasteiger partial charge on any atom is -0.497 e. The lowest BCUT2D eigenvalue weighted by molar-refractivity contribution is 0.413. The van der Waals surface area contributed by atoms with E-state index < -0.39 is 9.84 Å². The molecule has 1 N–H and O–H groups in total. The van der Waals surface area contributed by atoms with Gasteiger partial charge in [-0.1, -0.05) is 12.1 Å². The molecule has 0 aliphatic rings. The Morgan fingerprint density at radius 1 is 1.39 bits per heavy atom. The minimum absolute atomic E-state index is 0.180. The second kappa shape index (κ2) is 6.75. The molecule has 0 aliphatic heterocycles. The molecule has 4 nitrogen and oxygen atoms in total. The fraction of sp³-hybridized carbons (Fsp3) is 0.538. The highest BCUT2D eigenvalue weighted by atomic mass is 32.2. The van der Waals surface area contributed by atoms with Gasteiger partial charge >= 0.3 is 0 Å². The summed E-state index contributed by atoms with van der Waals surface area (Å²) in [6.07, 6.45) is 1.89. The Balaban J connectivity index is 2.42. The van der Waals surface area contributed by atoms with Gasteiger partial charge in [-0.3, -0.25) is 0 Å². The molecule has 0 saturated heterocycles. The van der Waals surface area contributed by atoms with E-state index in [0.717, 1.165) is 11.3 Å². The number of hydrogen-bond donors (Lipinski definition) is 1. The van der Waals surface area contributed by atoms with Crippen molar-refractivity contribution in [2.24, 2.45) is 0 Å². The van der Waals surface area contributed by atoms with Crippen molar-refractivity contribution in [2.45, 2.75) is 19.4 Å². The smallest absolute Gasteiger partial charge is 0.147 e. The highest BCUT2D eigenvalue weighted by Gasteiger charge is 2.06. The summed E-state index contributed by atoms with van der Waals surface area (Å²) in [5.74, 6) is 1.06. The third-order valence-electron chi connectivity index (χ3n) is 2.74. The monoisotopic (exact) mass is 271 g/mol. The lowest BCUT2D eigenvalue weighted by atomic mass is 10.1. The topological polar surface area (TPSA) is 55.4 Å². The zero-order chi connectivity index (χ0) is 13.6. The summed E-state index contributed by atoms with van der Waals surface area (Å²) in [7, 11) is -1.22. The van der Waals surface area contributed by atoms with Gasteiger partial charge in [-0.2, -0.15) is 0 Å². The van der Waals surface area contributed by atoms with Crippen LogP contribution >= 0.6 is 0 Å². The van der Waals surface area contributed by atoms with Crippen LogP contribution < -0.4 is 10.1 Å². The molecule has 0 aromatic heterocycles. The van der Waals surface area contributed by atoms with Crippen molar-refractivity contribution in [2.75, 3.05) is 25.7 Å². The van der Waals surface area contributed by atoms with Gasteiger partial charge in [0.15, 0.2) is 0 Å². The number of methoxy groups -OCH3 is 1.